The van der Waals surface area contributed by atoms with Gasteiger partial charge in [0.05, 0.1) is 6.10 Å². The number of rotatable bonds is 4. The van der Waals surface area contributed by atoms with Gasteiger partial charge in [-0.1, -0.05) is 20.8 Å². The largest absolute Gasteiger partial charge is 0.382 e. The zero-order chi connectivity index (χ0) is 9.78. The van der Waals surface area contributed by atoms with Crippen molar-refractivity contribution in [2.75, 3.05) is 14.2 Å². The predicted octanol–water partition coefficient (Wildman–Crippen LogP) is 2.05. The Morgan fingerprint density at radius 1 is 1.33 bits per heavy atom. The van der Waals surface area contributed by atoms with E-state index in [0.29, 0.717) is 17.6 Å². The maximum atomic E-state index is 5.24. The highest BCUT2D eigenvalue weighted by Gasteiger charge is 2.24. The second-order valence-corrected chi connectivity index (χ2v) is 4.49. The molecule has 0 aliphatic rings. The lowest BCUT2D eigenvalue weighted by Gasteiger charge is -2.32. The third-order valence-corrected chi connectivity index (χ3v) is 2.36. The molecule has 0 amide bonds. The van der Waals surface area contributed by atoms with E-state index in [1.54, 1.807) is 7.11 Å². The van der Waals surface area contributed by atoms with Gasteiger partial charge in [-0.25, -0.2) is 0 Å². The number of nitrogens with one attached hydrogen (secondary N) is 1. The van der Waals surface area contributed by atoms with Crippen molar-refractivity contribution in [3.63, 3.8) is 0 Å². The van der Waals surface area contributed by atoms with Gasteiger partial charge in [-0.3, -0.25) is 0 Å². The van der Waals surface area contributed by atoms with Crippen LogP contribution in [0.25, 0.3) is 0 Å². The molecule has 2 nitrogen and oxygen atoms in total. The Morgan fingerprint density at radius 3 is 2.08 bits per heavy atom. The normalized spacial score (nSPS) is 17.5. The van der Waals surface area contributed by atoms with Crippen LogP contribution in [0.1, 0.15) is 34.1 Å². The minimum absolute atomic E-state index is 0.307. The Balaban J connectivity index is 4.00. The number of ether oxygens (including phenoxy) is 1. The smallest absolute Gasteiger partial charge is 0.0558 e. The quantitative estimate of drug-likeness (QED) is 0.702. The third-order valence-electron chi connectivity index (χ3n) is 2.36. The van der Waals surface area contributed by atoms with Crippen LogP contribution in [0.4, 0.5) is 0 Å². The van der Waals surface area contributed by atoms with E-state index in [2.05, 4.69) is 33.0 Å². The molecule has 74 valence electrons. The SMILES string of the molecule is CNC(CC(C)OC)C(C)(C)C. The van der Waals surface area contributed by atoms with Gasteiger partial charge in [-0.2, -0.15) is 0 Å². The third kappa shape index (κ3) is 4.07. The highest BCUT2D eigenvalue weighted by Crippen LogP contribution is 2.22. The lowest BCUT2D eigenvalue weighted by Crippen LogP contribution is -2.40. The molecule has 2 atom stereocenters. The van der Waals surface area contributed by atoms with Crippen LogP contribution in [0.15, 0.2) is 0 Å². The van der Waals surface area contributed by atoms with Crippen molar-refractivity contribution in [3.05, 3.63) is 0 Å². The molecule has 0 radical (unpaired) electrons. The molecule has 2 heteroatoms. The van der Waals surface area contributed by atoms with Gasteiger partial charge in [0.1, 0.15) is 0 Å². The average Bonchev–Trinajstić information content (AvgIpc) is 1.97. The van der Waals surface area contributed by atoms with Gasteiger partial charge in [0.25, 0.3) is 0 Å². The number of hydrogen-bond acceptors (Lipinski definition) is 2. The van der Waals surface area contributed by atoms with Crippen LogP contribution in [-0.4, -0.2) is 26.3 Å². The standard InChI is InChI=1S/C10H23NO/c1-8(12-6)7-9(11-5)10(2,3)4/h8-9,11H,7H2,1-6H3. The molecule has 0 aliphatic carbocycles. The van der Waals surface area contributed by atoms with Crippen LogP contribution in [0, 0.1) is 5.41 Å². The van der Waals surface area contributed by atoms with Crippen molar-refractivity contribution in [2.24, 2.45) is 5.41 Å². The van der Waals surface area contributed by atoms with Crippen molar-refractivity contribution in [3.8, 4) is 0 Å². The molecule has 2 unspecified atom stereocenters. The van der Waals surface area contributed by atoms with Crippen LogP contribution >= 0.6 is 0 Å². The molecule has 0 bridgehead atoms. The second kappa shape index (κ2) is 4.83. The van der Waals surface area contributed by atoms with E-state index in [0.717, 1.165) is 6.42 Å². The molecule has 0 saturated heterocycles. The van der Waals surface area contributed by atoms with E-state index in [4.69, 9.17) is 4.74 Å². The van der Waals surface area contributed by atoms with E-state index in [1.807, 2.05) is 7.05 Å². The molecule has 1 N–H and O–H groups in total. The molecular weight excluding hydrogens is 150 g/mol. The van der Waals surface area contributed by atoms with Gasteiger partial charge in [-0.05, 0) is 25.8 Å². The fourth-order valence-electron chi connectivity index (χ4n) is 1.33. The van der Waals surface area contributed by atoms with E-state index in [-0.39, 0.29) is 0 Å². The predicted molar refractivity (Wildman–Crippen MR) is 53.4 cm³/mol. The minimum Gasteiger partial charge on any atom is -0.382 e. The number of methoxy groups -OCH3 is 1. The van der Waals surface area contributed by atoms with Crippen molar-refractivity contribution < 1.29 is 4.74 Å². The Morgan fingerprint density at radius 2 is 1.83 bits per heavy atom. The molecule has 0 fully saturated rings. The maximum Gasteiger partial charge on any atom is 0.0558 e. The van der Waals surface area contributed by atoms with Gasteiger partial charge in [0, 0.05) is 13.2 Å². The molecular formula is C10H23NO. The summed E-state index contributed by atoms with van der Waals surface area (Å²) in [7, 11) is 3.78. The topological polar surface area (TPSA) is 21.3 Å². The summed E-state index contributed by atoms with van der Waals surface area (Å²) >= 11 is 0. The van der Waals surface area contributed by atoms with Crippen LogP contribution in [0.5, 0.6) is 0 Å². The fraction of sp³-hybridized carbons (Fsp3) is 1.00. The van der Waals surface area contributed by atoms with Crippen LogP contribution in [-0.2, 0) is 4.74 Å². The lowest BCUT2D eigenvalue weighted by molar-refractivity contribution is 0.0840. The van der Waals surface area contributed by atoms with Gasteiger partial charge >= 0.3 is 0 Å². The summed E-state index contributed by atoms with van der Waals surface area (Å²) in [6.45, 7) is 8.85. The van der Waals surface area contributed by atoms with E-state index >= 15 is 0 Å². The first-order valence-electron chi connectivity index (χ1n) is 4.62. The van der Waals surface area contributed by atoms with E-state index in [1.165, 1.54) is 0 Å². The molecule has 0 aromatic carbocycles. The highest BCUT2D eigenvalue weighted by atomic mass is 16.5. The Kier molecular flexibility index (Phi) is 4.80. The molecule has 0 spiro atoms. The molecule has 0 heterocycles. The van der Waals surface area contributed by atoms with Gasteiger partial charge < -0.3 is 10.1 Å². The Bertz CT molecular complexity index is 117. The summed E-state index contributed by atoms with van der Waals surface area (Å²) in [6, 6.07) is 0.521. The van der Waals surface area contributed by atoms with Gasteiger partial charge in [0.15, 0.2) is 0 Å². The van der Waals surface area contributed by atoms with Gasteiger partial charge in [-0.15, -0.1) is 0 Å². The van der Waals surface area contributed by atoms with E-state index in [9.17, 15) is 0 Å². The molecule has 0 aliphatic heterocycles. The Hall–Kier alpha value is -0.0800. The first-order chi connectivity index (χ1) is 5.41. The number of hydrogen-bond donors (Lipinski definition) is 1. The molecule has 0 aromatic rings. The summed E-state index contributed by atoms with van der Waals surface area (Å²) in [5.41, 5.74) is 0.307. The fourth-order valence-corrected chi connectivity index (χ4v) is 1.33. The molecule has 0 saturated carbocycles. The maximum absolute atomic E-state index is 5.24. The van der Waals surface area contributed by atoms with Crippen molar-refractivity contribution in [1.82, 2.24) is 5.32 Å². The van der Waals surface area contributed by atoms with Crippen molar-refractivity contribution >= 4 is 0 Å². The first kappa shape index (κ1) is 11.9. The molecule has 12 heavy (non-hydrogen) atoms. The highest BCUT2D eigenvalue weighted by molar-refractivity contribution is 4.80. The summed E-state index contributed by atoms with van der Waals surface area (Å²) in [4.78, 5) is 0. The molecule has 0 aromatic heterocycles. The van der Waals surface area contributed by atoms with Crippen LogP contribution in [0.2, 0.25) is 0 Å². The Labute approximate surface area is 76.7 Å². The van der Waals surface area contributed by atoms with Crippen molar-refractivity contribution in [2.45, 2.75) is 46.3 Å². The lowest BCUT2D eigenvalue weighted by atomic mass is 9.84. The van der Waals surface area contributed by atoms with Gasteiger partial charge in [0.2, 0.25) is 0 Å². The first-order valence-corrected chi connectivity index (χ1v) is 4.62. The monoisotopic (exact) mass is 173 g/mol. The molecule has 0 rings (SSSR count). The summed E-state index contributed by atoms with van der Waals surface area (Å²) < 4.78 is 5.24. The van der Waals surface area contributed by atoms with Crippen molar-refractivity contribution in [1.29, 1.82) is 0 Å². The second-order valence-electron chi connectivity index (χ2n) is 4.49. The summed E-state index contributed by atoms with van der Waals surface area (Å²) in [5, 5.41) is 3.33. The summed E-state index contributed by atoms with van der Waals surface area (Å²) in [6.07, 6.45) is 1.40. The van der Waals surface area contributed by atoms with Crippen LogP contribution in [0.3, 0.4) is 0 Å². The minimum atomic E-state index is 0.307. The average molecular weight is 173 g/mol. The zero-order valence-corrected chi connectivity index (χ0v) is 9.27. The zero-order valence-electron chi connectivity index (χ0n) is 9.27. The van der Waals surface area contributed by atoms with E-state index < -0.39 is 0 Å². The summed E-state index contributed by atoms with van der Waals surface area (Å²) in [5.74, 6) is 0. The van der Waals surface area contributed by atoms with Crippen LogP contribution < -0.4 is 5.32 Å².